The third-order valence-corrected chi connectivity index (χ3v) is 6.46. The first-order valence-electron chi connectivity index (χ1n) is 9.78. The maximum atomic E-state index is 12.4. The summed E-state index contributed by atoms with van der Waals surface area (Å²) >= 11 is 7.57. The van der Waals surface area contributed by atoms with E-state index in [1.54, 1.807) is 11.8 Å². The van der Waals surface area contributed by atoms with Crippen molar-refractivity contribution >= 4 is 35.2 Å². The standard InChI is InChI=1S/C20H28ClN3O2S/c21-17-4-6-18(7-5-17)27-15-8-19(25)24-13-11-22(12-14-24)16-20(26)23-9-2-1-3-10-23/h4-7H,1-3,8-16H2. The van der Waals surface area contributed by atoms with E-state index in [0.29, 0.717) is 13.0 Å². The van der Waals surface area contributed by atoms with Gasteiger partial charge in [-0.05, 0) is 43.5 Å². The van der Waals surface area contributed by atoms with E-state index < -0.39 is 0 Å². The Morgan fingerprint density at radius 1 is 0.852 bits per heavy atom. The van der Waals surface area contributed by atoms with Gasteiger partial charge < -0.3 is 9.80 Å². The van der Waals surface area contributed by atoms with Crippen LogP contribution >= 0.6 is 23.4 Å². The lowest BCUT2D eigenvalue weighted by molar-refractivity contribution is -0.135. The van der Waals surface area contributed by atoms with E-state index in [0.717, 1.165) is 67.8 Å². The van der Waals surface area contributed by atoms with Crippen LogP contribution in [0.1, 0.15) is 25.7 Å². The van der Waals surface area contributed by atoms with Crippen molar-refractivity contribution in [3.63, 3.8) is 0 Å². The van der Waals surface area contributed by atoms with Crippen molar-refractivity contribution in [1.82, 2.24) is 14.7 Å². The summed E-state index contributed by atoms with van der Waals surface area (Å²) in [5.41, 5.74) is 0. The fraction of sp³-hybridized carbons (Fsp3) is 0.600. The van der Waals surface area contributed by atoms with E-state index in [9.17, 15) is 9.59 Å². The highest BCUT2D eigenvalue weighted by Gasteiger charge is 2.24. The van der Waals surface area contributed by atoms with E-state index in [1.807, 2.05) is 34.1 Å². The van der Waals surface area contributed by atoms with Crippen LogP contribution < -0.4 is 0 Å². The van der Waals surface area contributed by atoms with Crippen LogP contribution in [-0.4, -0.2) is 78.1 Å². The topological polar surface area (TPSA) is 43.9 Å². The van der Waals surface area contributed by atoms with Gasteiger partial charge in [-0.1, -0.05) is 11.6 Å². The molecule has 0 radical (unpaired) electrons. The minimum absolute atomic E-state index is 0.207. The number of hydrogen-bond acceptors (Lipinski definition) is 4. The van der Waals surface area contributed by atoms with Crippen molar-refractivity contribution in [2.75, 3.05) is 51.6 Å². The van der Waals surface area contributed by atoms with E-state index in [4.69, 9.17) is 11.6 Å². The zero-order chi connectivity index (χ0) is 19.1. The Bertz CT molecular complexity index is 627. The monoisotopic (exact) mass is 409 g/mol. The summed E-state index contributed by atoms with van der Waals surface area (Å²) in [4.78, 5) is 32.0. The number of piperidine rings is 1. The minimum atomic E-state index is 0.207. The number of nitrogens with zero attached hydrogens (tertiary/aromatic N) is 3. The number of piperazine rings is 1. The molecule has 2 fully saturated rings. The van der Waals surface area contributed by atoms with Crippen molar-refractivity contribution in [2.24, 2.45) is 0 Å². The quantitative estimate of drug-likeness (QED) is 0.677. The van der Waals surface area contributed by atoms with Crippen LogP contribution in [0.3, 0.4) is 0 Å². The Hall–Kier alpha value is -1.24. The van der Waals surface area contributed by atoms with Crippen LogP contribution in [-0.2, 0) is 9.59 Å². The number of benzene rings is 1. The van der Waals surface area contributed by atoms with Gasteiger partial charge in [0.05, 0.1) is 6.54 Å². The van der Waals surface area contributed by atoms with E-state index in [1.165, 1.54) is 6.42 Å². The van der Waals surface area contributed by atoms with Crippen LogP contribution in [0, 0.1) is 0 Å². The number of hydrogen-bond donors (Lipinski definition) is 0. The molecule has 0 bridgehead atoms. The lowest BCUT2D eigenvalue weighted by atomic mass is 10.1. The smallest absolute Gasteiger partial charge is 0.236 e. The third kappa shape index (κ3) is 6.40. The molecule has 2 heterocycles. The van der Waals surface area contributed by atoms with E-state index in [-0.39, 0.29) is 11.8 Å². The largest absolute Gasteiger partial charge is 0.342 e. The molecule has 0 saturated carbocycles. The summed E-state index contributed by atoms with van der Waals surface area (Å²) in [5, 5.41) is 0.729. The molecule has 0 aromatic heterocycles. The van der Waals surface area contributed by atoms with Gasteiger partial charge in [0, 0.05) is 61.4 Å². The Labute approximate surface area is 171 Å². The summed E-state index contributed by atoms with van der Waals surface area (Å²) in [6.07, 6.45) is 4.03. The predicted octanol–water partition coefficient (Wildman–Crippen LogP) is 2.98. The first kappa shape index (κ1) is 20.5. The number of halogens is 1. The first-order chi connectivity index (χ1) is 13.1. The molecule has 0 N–H and O–H groups in total. The molecule has 3 rings (SSSR count). The zero-order valence-electron chi connectivity index (χ0n) is 15.7. The number of carbonyl (C=O) groups excluding carboxylic acids is 2. The number of likely N-dealkylation sites (tertiary alicyclic amines) is 1. The normalized spacial score (nSPS) is 18.6. The summed E-state index contributed by atoms with van der Waals surface area (Å²) in [6.45, 7) is 5.32. The molecule has 27 heavy (non-hydrogen) atoms. The highest BCUT2D eigenvalue weighted by molar-refractivity contribution is 7.99. The molecule has 0 atom stereocenters. The number of rotatable bonds is 6. The van der Waals surface area contributed by atoms with Gasteiger partial charge in [-0.2, -0.15) is 0 Å². The lowest BCUT2D eigenvalue weighted by Crippen LogP contribution is -2.52. The molecule has 2 aliphatic heterocycles. The van der Waals surface area contributed by atoms with Crippen molar-refractivity contribution < 1.29 is 9.59 Å². The maximum absolute atomic E-state index is 12.4. The van der Waals surface area contributed by atoms with Crippen LogP contribution in [0.4, 0.5) is 0 Å². The fourth-order valence-corrected chi connectivity index (χ4v) is 4.50. The van der Waals surface area contributed by atoms with Crippen molar-refractivity contribution in [2.45, 2.75) is 30.6 Å². The van der Waals surface area contributed by atoms with Gasteiger partial charge >= 0.3 is 0 Å². The summed E-state index contributed by atoms with van der Waals surface area (Å²) in [6, 6.07) is 7.71. The Morgan fingerprint density at radius 2 is 1.48 bits per heavy atom. The SMILES string of the molecule is O=C(CCSc1ccc(Cl)cc1)N1CCN(CC(=O)N2CCCCC2)CC1. The number of amides is 2. The zero-order valence-corrected chi connectivity index (χ0v) is 17.3. The van der Waals surface area contributed by atoms with Gasteiger partial charge in [-0.25, -0.2) is 0 Å². The molecular formula is C20H28ClN3O2S. The van der Waals surface area contributed by atoms with Crippen molar-refractivity contribution in [1.29, 1.82) is 0 Å². The maximum Gasteiger partial charge on any atom is 0.236 e. The Kier molecular flexibility index (Phi) is 7.85. The minimum Gasteiger partial charge on any atom is -0.342 e. The molecule has 0 spiro atoms. The highest BCUT2D eigenvalue weighted by atomic mass is 35.5. The number of carbonyl (C=O) groups is 2. The Morgan fingerprint density at radius 3 is 2.15 bits per heavy atom. The van der Waals surface area contributed by atoms with Gasteiger partial charge in [0.1, 0.15) is 0 Å². The van der Waals surface area contributed by atoms with Crippen LogP contribution in [0.25, 0.3) is 0 Å². The summed E-state index contributed by atoms with van der Waals surface area (Å²) in [7, 11) is 0. The highest BCUT2D eigenvalue weighted by Crippen LogP contribution is 2.21. The first-order valence-corrected chi connectivity index (χ1v) is 11.1. The second-order valence-corrected chi connectivity index (χ2v) is 8.76. The molecule has 2 saturated heterocycles. The second-order valence-electron chi connectivity index (χ2n) is 7.15. The summed E-state index contributed by atoms with van der Waals surface area (Å²) in [5.74, 6) is 1.22. The van der Waals surface area contributed by atoms with Crippen LogP contribution in [0.5, 0.6) is 0 Å². The molecule has 2 amide bonds. The van der Waals surface area contributed by atoms with Gasteiger partial charge in [0.2, 0.25) is 11.8 Å². The third-order valence-electron chi connectivity index (χ3n) is 5.19. The van der Waals surface area contributed by atoms with Gasteiger partial charge in [0.15, 0.2) is 0 Å². The fourth-order valence-electron chi connectivity index (χ4n) is 3.54. The van der Waals surface area contributed by atoms with Crippen LogP contribution in [0.15, 0.2) is 29.2 Å². The van der Waals surface area contributed by atoms with Gasteiger partial charge in [0.25, 0.3) is 0 Å². The van der Waals surface area contributed by atoms with Crippen molar-refractivity contribution in [3.05, 3.63) is 29.3 Å². The molecule has 5 nitrogen and oxygen atoms in total. The predicted molar refractivity (Wildman–Crippen MR) is 110 cm³/mol. The Balaban J connectivity index is 1.33. The van der Waals surface area contributed by atoms with Gasteiger partial charge in [-0.3, -0.25) is 14.5 Å². The molecule has 148 valence electrons. The molecule has 7 heteroatoms. The molecule has 1 aromatic rings. The molecular weight excluding hydrogens is 382 g/mol. The average Bonchev–Trinajstić information content (AvgIpc) is 2.70. The second kappa shape index (κ2) is 10.3. The van der Waals surface area contributed by atoms with Gasteiger partial charge in [-0.15, -0.1) is 11.8 Å². The van der Waals surface area contributed by atoms with Crippen molar-refractivity contribution in [3.8, 4) is 0 Å². The molecule has 0 unspecified atom stereocenters. The lowest BCUT2D eigenvalue weighted by Gasteiger charge is -2.36. The van der Waals surface area contributed by atoms with E-state index in [2.05, 4.69) is 4.90 Å². The molecule has 0 aliphatic carbocycles. The molecule has 1 aromatic carbocycles. The molecule has 2 aliphatic rings. The van der Waals surface area contributed by atoms with Crippen LogP contribution in [0.2, 0.25) is 5.02 Å². The average molecular weight is 410 g/mol. The number of thioether (sulfide) groups is 1. The van der Waals surface area contributed by atoms with E-state index >= 15 is 0 Å². The summed E-state index contributed by atoms with van der Waals surface area (Å²) < 4.78 is 0.